The van der Waals surface area contributed by atoms with Crippen LogP contribution in [0.15, 0.2) is 42.6 Å². The van der Waals surface area contributed by atoms with E-state index in [1.165, 1.54) is 38.3 Å². The molecule has 0 saturated carbocycles. The van der Waals surface area contributed by atoms with Gasteiger partial charge in [-0.25, -0.2) is 9.78 Å². The lowest BCUT2D eigenvalue weighted by atomic mass is 10.1. The number of carbonyl (C=O) groups is 1. The fraction of sp³-hybridized carbons (Fsp3) is 0.400. The van der Waals surface area contributed by atoms with E-state index in [1.54, 1.807) is 12.1 Å². The smallest absolute Gasteiger partial charge is 0.354 e. The van der Waals surface area contributed by atoms with Crippen LogP contribution in [0.5, 0.6) is 5.75 Å². The number of aromatic carboxylic acids is 1. The highest BCUT2D eigenvalue weighted by Crippen LogP contribution is 2.23. The molecule has 0 aliphatic heterocycles. The van der Waals surface area contributed by atoms with Gasteiger partial charge >= 0.3 is 5.97 Å². The van der Waals surface area contributed by atoms with Gasteiger partial charge in [-0.15, -0.1) is 0 Å². The summed E-state index contributed by atoms with van der Waals surface area (Å²) in [7, 11) is 0. The van der Waals surface area contributed by atoms with E-state index in [9.17, 15) is 4.79 Å². The molecule has 0 unspecified atom stereocenters. The van der Waals surface area contributed by atoms with Crippen molar-refractivity contribution in [3.05, 3.63) is 48.3 Å². The molecule has 0 radical (unpaired) electrons. The molecule has 0 saturated heterocycles. The third kappa shape index (κ3) is 5.69. The van der Waals surface area contributed by atoms with Crippen molar-refractivity contribution in [3.63, 3.8) is 0 Å². The molecule has 1 N–H and O–H groups in total. The number of pyridine rings is 1. The van der Waals surface area contributed by atoms with Crippen LogP contribution in [0.2, 0.25) is 0 Å². The lowest BCUT2D eigenvalue weighted by molar-refractivity contribution is 0.0690. The molecule has 0 aliphatic carbocycles. The molecule has 1 aromatic carbocycles. The molecule has 1 aromatic heterocycles. The standard InChI is InChI=1S/C20H25NO3/c1-2-3-4-5-6-7-14-24-18-10-8-16(9-11-18)17-12-13-21-19(15-17)20(22)23/h8-13,15H,2-7,14H2,1H3,(H,22,23). The molecular weight excluding hydrogens is 302 g/mol. The molecule has 0 atom stereocenters. The molecule has 2 aromatic rings. The molecular formula is C20H25NO3. The Morgan fingerprint density at radius 2 is 1.71 bits per heavy atom. The molecule has 1 heterocycles. The Bertz CT molecular complexity index is 638. The molecule has 0 fully saturated rings. The van der Waals surface area contributed by atoms with Crippen LogP contribution in [0.25, 0.3) is 11.1 Å². The molecule has 2 rings (SSSR count). The Balaban J connectivity index is 1.82. The second-order valence-electron chi connectivity index (χ2n) is 5.88. The van der Waals surface area contributed by atoms with Crippen LogP contribution in [-0.4, -0.2) is 22.7 Å². The lowest BCUT2D eigenvalue weighted by Gasteiger charge is -2.08. The van der Waals surface area contributed by atoms with Gasteiger partial charge in [0.25, 0.3) is 0 Å². The Hall–Kier alpha value is -2.36. The van der Waals surface area contributed by atoms with Crippen LogP contribution >= 0.6 is 0 Å². The lowest BCUT2D eigenvalue weighted by Crippen LogP contribution is -1.99. The zero-order chi connectivity index (χ0) is 17.2. The first-order valence-corrected chi connectivity index (χ1v) is 8.63. The summed E-state index contributed by atoms with van der Waals surface area (Å²) in [5, 5.41) is 9.01. The van der Waals surface area contributed by atoms with Gasteiger partial charge in [0.1, 0.15) is 11.4 Å². The first kappa shape index (κ1) is 18.0. The minimum Gasteiger partial charge on any atom is -0.494 e. The van der Waals surface area contributed by atoms with Gasteiger partial charge in [0.2, 0.25) is 0 Å². The van der Waals surface area contributed by atoms with E-state index in [1.807, 2.05) is 24.3 Å². The fourth-order valence-corrected chi connectivity index (χ4v) is 2.54. The predicted octanol–water partition coefficient (Wildman–Crippen LogP) is 5.19. The molecule has 128 valence electrons. The largest absolute Gasteiger partial charge is 0.494 e. The van der Waals surface area contributed by atoms with Gasteiger partial charge < -0.3 is 9.84 Å². The summed E-state index contributed by atoms with van der Waals surface area (Å²) in [6.07, 6.45) is 9.00. The fourth-order valence-electron chi connectivity index (χ4n) is 2.54. The highest BCUT2D eigenvalue weighted by atomic mass is 16.5. The SMILES string of the molecule is CCCCCCCCOc1ccc(-c2ccnc(C(=O)O)c2)cc1. The van der Waals surface area contributed by atoms with Crippen LogP contribution < -0.4 is 4.74 Å². The molecule has 0 bridgehead atoms. The number of rotatable bonds is 10. The van der Waals surface area contributed by atoms with Gasteiger partial charge in [0.05, 0.1) is 6.61 Å². The summed E-state index contributed by atoms with van der Waals surface area (Å²) in [6, 6.07) is 11.1. The average molecular weight is 327 g/mol. The minimum atomic E-state index is -1.02. The summed E-state index contributed by atoms with van der Waals surface area (Å²) in [5.74, 6) is -0.171. The zero-order valence-corrected chi connectivity index (χ0v) is 14.2. The number of benzene rings is 1. The summed E-state index contributed by atoms with van der Waals surface area (Å²) in [4.78, 5) is 14.8. The van der Waals surface area contributed by atoms with Gasteiger partial charge in [0, 0.05) is 6.20 Å². The van der Waals surface area contributed by atoms with E-state index in [2.05, 4.69) is 11.9 Å². The van der Waals surface area contributed by atoms with Crippen LogP contribution in [0.3, 0.4) is 0 Å². The Labute approximate surface area is 143 Å². The number of hydrogen-bond donors (Lipinski definition) is 1. The summed E-state index contributed by atoms with van der Waals surface area (Å²) in [5.41, 5.74) is 1.84. The van der Waals surface area contributed by atoms with Gasteiger partial charge in [-0.2, -0.15) is 0 Å². The second-order valence-corrected chi connectivity index (χ2v) is 5.88. The summed E-state index contributed by atoms with van der Waals surface area (Å²) < 4.78 is 5.76. The van der Waals surface area contributed by atoms with Gasteiger partial charge in [-0.1, -0.05) is 51.2 Å². The van der Waals surface area contributed by atoms with E-state index in [4.69, 9.17) is 9.84 Å². The maximum atomic E-state index is 11.0. The van der Waals surface area contributed by atoms with Crippen LogP contribution in [0, 0.1) is 0 Å². The molecule has 4 heteroatoms. The number of aromatic nitrogens is 1. The minimum absolute atomic E-state index is 0.0518. The monoisotopic (exact) mass is 327 g/mol. The molecule has 0 aliphatic rings. The maximum absolute atomic E-state index is 11.0. The Morgan fingerprint density at radius 3 is 2.42 bits per heavy atom. The van der Waals surface area contributed by atoms with E-state index in [0.717, 1.165) is 29.9 Å². The van der Waals surface area contributed by atoms with Crippen molar-refractivity contribution in [3.8, 4) is 16.9 Å². The summed E-state index contributed by atoms with van der Waals surface area (Å²) in [6.45, 7) is 2.96. The molecule has 0 amide bonds. The third-order valence-electron chi connectivity index (χ3n) is 3.93. The van der Waals surface area contributed by atoms with Crippen molar-refractivity contribution >= 4 is 5.97 Å². The highest BCUT2D eigenvalue weighted by Gasteiger charge is 2.06. The third-order valence-corrected chi connectivity index (χ3v) is 3.93. The highest BCUT2D eigenvalue weighted by molar-refractivity contribution is 5.87. The number of nitrogens with zero attached hydrogens (tertiary/aromatic N) is 1. The van der Waals surface area contributed by atoms with Crippen LogP contribution in [0.4, 0.5) is 0 Å². The summed E-state index contributed by atoms with van der Waals surface area (Å²) >= 11 is 0. The topological polar surface area (TPSA) is 59.4 Å². The number of unbranched alkanes of at least 4 members (excludes halogenated alkanes) is 5. The number of carboxylic acids is 1. The van der Waals surface area contributed by atoms with E-state index in [0.29, 0.717) is 0 Å². The zero-order valence-electron chi connectivity index (χ0n) is 14.2. The average Bonchev–Trinajstić information content (AvgIpc) is 2.61. The van der Waals surface area contributed by atoms with Gasteiger partial charge in [-0.3, -0.25) is 0 Å². The van der Waals surface area contributed by atoms with Gasteiger partial charge in [-0.05, 0) is 41.8 Å². The van der Waals surface area contributed by atoms with E-state index >= 15 is 0 Å². The quantitative estimate of drug-likeness (QED) is 0.610. The molecule has 4 nitrogen and oxygen atoms in total. The van der Waals surface area contributed by atoms with E-state index < -0.39 is 5.97 Å². The Morgan fingerprint density at radius 1 is 1.00 bits per heavy atom. The number of hydrogen-bond acceptors (Lipinski definition) is 3. The van der Waals surface area contributed by atoms with Crippen molar-refractivity contribution in [2.75, 3.05) is 6.61 Å². The normalized spacial score (nSPS) is 10.5. The van der Waals surface area contributed by atoms with E-state index in [-0.39, 0.29) is 5.69 Å². The molecule has 24 heavy (non-hydrogen) atoms. The van der Waals surface area contributed by atoms with Gasteiger partial charge in [0.15, 0.2) is 0 Å². The molecule has 0 spiro atoms. The van der Waals surface area contributed by atoms with Crippen molar-refractivity contribution in [1.29, 1.82) is 0 Å². The first-order chi connectivity index (χ1) is 11.7. The number of carboxylic acid groups (broad SMARTS) is 1. The van der Waals surface area contributed by atoms with Crippen molar-refractivity contribution < 1.29 is 14.6 Å². The van der Waals surface area contributed by atoms with Crippen molar-refractivity contribution in [2.24, 2.45) is 0 Å². The van der Waals surface area contributed by atoms with Crippen molar-refractivity contribution in [1.82, 2.24) is 4.98 Å². The predicted molar refractivity (Wildman–Crippen MR) is 95.5 cm³/mol. The van der Waals surface area contributed by atoms with Crippen molar-refractivity contribution in [2.45, 2.75) is 45.4 Å². The second kappa shape index (κ2) is 9.71. The Kier molecular flexibility index (Phi) is 7.27. The first-order valence-electron chi connectivity index (χ1n) is 8.63. The van der Waals surface area contributed by atoms with Crippen LogP contribution in [-0.2, 0) is 0 Å². The number of ether oxygens (including phenoxy) is 1. The maximum Gasteiger partial charge on any atom is 0.354 e. The van der Waals surface area contributed by atoms with Crippen LogP contribution in [0.1, 0.15) is 55.9 Å².